The van der Waals surface area contributed by atoms with Crippen molar-refractivity contribution in [3.63, 3.8) is 0 Å². The van der Waals surface area contributed by atoms with Gasteiger partial charge in [-0.25, -0.2) is 9.18 Å². The first kappa shape index (κ1) is 32.1. The highest BCUT2D eigenvalue weighted by Gasteiger charge is 2.32. The number of alkyl carbamates (subject to hydrolysis) is 1. The van der Waals surface area contributed by atoms with Crippen LogP contribution in [-0.2, 0) is 19.1 Å². The molecule has 0 fully saturated rings. The third kappa shape index (κ3) is 14.2. The molecule has 0 bridgehead atoms. The molecule has 1 unspecified atom stereocenters. The summed E-state index contributed by atoms with van der Waals surface area (Å²) in [6.07, 6.45) is -0.0143. The van der Waals surface area contributed by atoms with Crippen molar-refractivity contribution < 1.29 is 28.3 Å². The molecule has 3 atom stereocenters. The first-order chi connectivity index (χ1) is 16.1. The Bertz CT molecular complexity index is 738. The molecule has 0 aromatic heterocycles. The number of Topliss-reactive ketones (excluding diaryl/α,β-unsaturated/α-hetero) is 1. The van der Waals surface area contributed by atoms with Gasteiger partial charge in [0.1, 0.15) is 24.4 Å². The summed E-state index contributed by atoms with van der Waals surface area (Å²) in [6.45, 7) is 11.3. The minimum absolute atomic E-state index is 0.0115. The summed E-state index contributed by atoms with van der Waals surface area (Å²) in [5.74, 6) is -2.52. The first-order valence-electron chi connectivity index (χ1n) is 11.8. The molecule has 35 heavy (non-hydrogen) atoms. The Morgan fingerprint density at radius 2 is 1.54 bits per heavy atom. The lowest BCUT2D eigenvalue weighted by Gasteiger charge is -2.28. The molecule has 11 nitrogen and oxygen atoms in total. The van der Waals surface area contributed by atoms with E-state index in [2.05, 4.69) is 21.3 Å². The average molecular weight is 503 g/mol. The maximum Gasteiger partial charge on any atom is 0.408 e. The van der Waals surface area contributed by atoms with Crippen molar-refractivity contribution in [3.05, 3.63) is 0 Å². The van der Waals surface area contributed by atoms with Gasteiger partial charge in [0.25, 0.3) is 0 Å². The average Bonchev–Trinajstić information content (AvgIpc) is 2.70. The molecule has 0 radical (unpaired) electrons. The van der Waals surface area contributed by atoms with E-state index in [1.807, 2.05) is 13.8 Å². The van der Waals surface area contributed by atoms with Crippen molar-refractivity contribution in [2.45, 2.75) is 91.5 Å². The number of alkyl halides is 1. The highest BCUT2D eigenvalue weighted by molar-refractivity contribution is 5.94. The van der Waals surface area contributed by atoms with E-state index >= 15 is 0 Å². The predicted molar refractivity (Wildman–Crippen MR) is 131 cm³/mol. The molecule has 0 heterocycles. The van der Waals surface area contributed by atoms with Crippen LogP contribution in [0.25, 0.3) is 0 Å². The summed E-state index contributed by atoms with van der Waals surface area (Å²) in [6, 6.07) is -3.06. The van der Waals surface area contributed by atoms with E-state index in [-0.39, 0.29) is 37.2 Å². The number of carbonyl (C=O) groups excluding carboxylic acids is 4. The number of ketones is 1. The van der Waals surface area contributed by atoms with Gasteiger partial charge in [-0.3, -0.25) is 19.8 Å². The molecular formula is C23H43FN6O5. The SMILES string of the molecule is CC(C)C[C@H](NC(=O)[C@H](NC(=O)OC(C)(C)C)C(C)C)C(=O)NC(CCCNC(=N)N)C(=O)CF. The molecule has 0 aliphatic carbocycles. The largest absolute Gasteiger partial charge is 0.444 e. The van der Waals surface area contributed by atoms with Gasteiger partial charge in [-0.2, -0.15) is 0 Å². The minimum atomic E-state index is -1.25. The third-order valence-electron chi connectivity index (χ3n) is 4.78. The third-order valence-corrected chi connectivity index (χ3v) is 4.78. The number of rotatable bonds is 14. The Morgan fingerprint density at radius 3 is 2.00 bits per heavy atom. The van der Waals surface area contributed by atoms with E-state index in [9.17, 15) is 23.6 Å². The molecule has 0 saturated carbocycles. The van der Waals surface area contributed by atoms with Gasteiger partial charge in [-0.05, 0) is 51.9 Å². The van der Waals surface area contributed by atoms with Crippen LogP contribution in [0.1, 0.15) is 67.7 Å². The minimum Gasteiger partial charge on any atom is -0.444 e. The summed E-state index contributed by atoms with van der Waals surface area (Å²) >= 11 is 0. The second kappa shape index (κ2) is 15.2. The number of guanidine groups is 1. The fourth-order valence-corrected chi connectivity index (χ4v) is 3.14. The Balaban J connectivity index is 5.42. The molecule has 12 heteroatoms. The highest BCUT2D eigenvalue weighted by Crippen LogP contribution is 2.11. The zero-order valence-corrected chi connectivity index (χ0v) is 21.9. The maximum absolute atomic E-state index is 13.1. The fraction of sp³-hybridized carbons (Fsp3) is 0.783. The molecule has 0 aromatic carbocycles. The van der Waals surface area contributed by atoms with Gasteiger partial charge >= 0.3 is 6.09 Å². The van der Waals surface area contributed by atoms with Crippen LogP contribution in [0.4, 0.5) is 9.18 Å². The van der Waals surface area contributed by atoms with Crippen LogP contribution < -0.4 is 27.0 Å². The van der Waals surface area contributed by atoms with Crippen LogP contribution in [-0.4, -0.2) is 66.6 Å². The molecule has 202 valence electrons. The Labute approximate surface area is 207 Å². The number of ether oxygens (including phenoxy) is 1. The molecule has 0 aromatic rings. The van der Waals surface area contributed by atoms with Crippen LogP contribution in [0.5, 0.6) is 0 Å². The van der Waals surface area contributed by atoms with Crippen LogP contribution in [0.3, 0.4) is 0 Å². The number of carbonyl (C=O) groups is 4. The van der Waals surface area contributed by atoms with Crippen LogP contribution in [0, 0.1) is 17.2 Å². The molecule has 0 aliphatic rings. The van der Waals surface area contributed by atoms with Gasteiger partial charge in [-0.15, -0.1) is 0 Å². The number of hydrogen-bond acceptors (Lipinski definition) is 6. The lowest BCUT2D eigenvalue weighted by atomic mass is 9.99. The van der Waals surface area contributed by atoms with Crippen LogP contribution >= 0.6 is 0 Å². The first-order valence-corrected chi connectivity index (χ1v) is 11.8. The van der Waals surface area contributed by atoms with Crippen LogP contribution in [0.2, 0.25) is 0 Å². The number of halogens is 1. The Kier molecular flexibility index (Phi) is 13.9. The fourth-order valence-electron chi connectivity index (χ4n) is 3.14. The number of amides is 3. The van der Waals surface area contributed by atoms with E-state index in [4.69, 9.17) is 15.9 Å². The smallest absolute Gasteiger partial charge is 0.408 e. The molecule has 0 saturated heterocycles. The summed E-state index contributed by atoms with van der Waals surface area (Å²) in [5, 5.41) is 17.5. The summed E-state index contributed by atoms with van der Waals surface area (Å²) in [5.41, 5.74) is 4.47. The van der Waals surface area contributed by atoms with E-state index in [1.54, 1.807) is 34.6 Å². The van der Waals surface area contributed by atoms with Crippen LogP contribution in [0.15, 0.2) is 0 Å². The molecule has 0 spiro atoms. The summed E-state index contributed by atoms with van der Waals surface area (Å²) in [7, 11) is 0. The Hall–Kier alpha value is -2.92. The van der Waals surface area contributed by atoms with Crippen molar-refractivity contribution in [2.75, 3.05) is 13.2 Å². The number of nitrogens with two attached hydrogens (primary N) is 1. The van der Waals surface area contributed by atoms with E-state index in [0.29, 0.717) is 6.42 Å². The number of nitrogens with one attached hydrogen (secondary N) is 5. The molecular weight excluding hydrogens is 459 g/mol. The van der Waals surface area contributed by atoms with Crippen molar-refractivity contribution in [2.24, 2.45) is 17.6 Å². The standard InChI is InChI=1S/C23H43FN6O5/c1-13(2)11-16(19(32)28-15(17(31)12-24)9-8-10-27-21(25)26)29-20(33)18(14(3)4)30-22(34)35-23(5,6)7/h13-16,18H,8-12H2,1-7H3,(H,28,32)(H,29,33)(H,30,34)(H4,25,26,27)/t15?,16-,18+/m0/s1. The Morgan fingerprint density at radius 1 is 0.971 bits per heavy atom. The van der Waals surface area contributed by atoms with Crippen molar-refractivity contribution in [3.8, 4) is 0 Å². The maximum atomic E-state index is 13.1. The second-order valence-corrected chi connectivity index (χ2v) is 10.2. The highest BCUT2D eigenvalue weighted by atomic mass is 19.1. The van der Waals surface area contributed by atoms with E-state index < -0.39 is 54.1 Å². The second-order valence-electron chi connectivity index (χ2n) is 10.2. The molecule has 7 N–H and O–H groups in total. The zero-order valence-electron chi connectivity index (χ0n) is 21.9. The predicted octanol–water partition coefficient (Wildman–Crippen LogP) is 1.35. The van der Waals surface area contributed by atoms with Crippen molar-refractivity contribution in [1.82, 2.24) is 21.3 Å². The topological polar surface area (TPSA) is 176 Å². The van der Waals surface area contributed by atoms with Gasteiger partial charge in [-0.1, -0.05) is 27.7 Å². The van der Waals surface area contributed by atoms with E-state index in [1.165, 1.54) is 0 Å². The lowest BCUT2D eigenvalue weighted by molar-refractivity contribution is -0.133. The van der Waals surface area contributed by atoms with Crippen molar-refractivity contribution in [1.29, 1.82) is 5.41 Å². The lowest BCUT2D eigenvalue weighted by Crippen LogP contribution is -2.57. The van der Waals surface area contributed by atoms with E-state index in [0.717, 1.165) is 0 Å². The van der Waals surface area contributed by atoms with Crippen molar-refractivity contribution >= 4 is 29.7 Å². The summed E-state index contributed by atoms with van der Waals surface area (Å²) < 4.78 is 18.3. The summed E-state index contributed by atoms with van der Waals surface area (Å²) in [4.78, 5) is 50.3. The van der Waals surface area contributed by atoms with Gasteiger partial charge in [0.05, 0.1) is 6.04 Å². The van der Waals surface area contributed by atoms with Gasteiger partial charge in [0.2, 0.25) is 11.8 Å². The molecule has 3 amide bonds. The monoisotopic (exact) mass is 502 g/mol. The van der Waals surface area contributed by atoms with Gasteiger partial charge in [0.15, 0.2) is 11.7 Å². The zero-order chi connectivity index (χ0) is 27.3. The normalized spacial score (nSPS) is 14.0. The van der Waals surface area contributed by atoms with Gasteiger partial charge in [0, 0.05) is 6.54 Å². The quantitative estimate of drug-likeness (QED) is 0.118. The molecule has 0 aliphatic heterocycles. The van der Waals surface area contributed by atoms with Gasteiger partial charge < -0.3 is 31.7 Å². The number of hydrogen-bond donors (Lipinski definition) is 6. The molecule has 0 rings (SSSR count).